The lowest BCUT2D eigenvalue weighted by molar-refractivity contribution is 0.603. The molecule has 0 atom stereocenters. The number of thiazole rings is 1. The maximum Gasteiger partial charge on any atom is 0.132 e. The van der Waals surface area contributed by atoms with Crippen molar-refractivity contribution < 1.29 is 8.78 Å². The van der Waals surface area contributed by atoms with Gasteiger partial charge >= 0.3 is 0 Å². The maximum atomic E-state index is 13.8. The number of nitrogens with two attached hydrogens (primary N) is 1. The molecule has 0 saturated carbocycles. The monoisotopic (exact) mass is 302 g/mol. The van der Waals surface area contributed by atoms with E-state index in [-0.39, 0.29) is 5.56 Å². The Kier molecular flexibility index (Phi) is 3.77. The lowest BCUT2D eigenvalue weighted by atomic mass is 10.1. The zero-order valence-electron chi connectivity index (χ0n) is 11.0. The van der Waals surface area contributed by atoms with Gasteiger partial charge in [-0.2, -0.15) is 0 Å². The standard InChI is InChI=1S/C16H12F2N2S/c17-12-4-5-14(18)13(7-12)15-9-21-16(20-15)11-3-1-2-10(6-11)8-19/h1-7,9H,8,19H2. The van der Waals surface area contributed by atoms with E-state index < -0.39 is 11.6 Å². The van der Waals surface area contributed by atoms with Crippen LogP contribution in [0.2, 0.25) is 0 Å². The summed E-state index contributed by atoms with van der Waals surface area (Å²) >= 11 is 1.39. The largest absolute Gasteiger partial charge is 0.326 e. The van der Waals surface area contributed by atoms with Crippen molar-refractivity contribution in [1.82, 2.24) is 4.98 Å². The SMILES string of the molecule is NCc1cccc(-c2nc(-c3cc(F)ccc3F)cs2)c1. The first-order valence-corrected chi connectivity index (χ1v) is 7.25. The van der Waals surface area contributed by atoms with Gasteiger partial charge in [0, 0.05) is 23.1 Å². The number of nitrogens with zero attached hydrogens (tertiary/aromatic N) is 1. The molecule has 2 nitrogen and oxygen atoms in total. The van der Waals surface area contributed by atoms with Crippen LogP contribution in [0.4, 0.5) is 8.78 Å². The molecule has 0 bridgehead atoms. The molecule has 0 amide bonds. The molecule has 0 aliphatic heterocycles. The zero-order chi connectivity index (χ0) is 14.8. The molecule has 106 valence electrons. The predicted molar refractivity (Wildman–Crippen MR) is 80.8 cm³/mol. The van der Waals surface area contributed by atoms with Crippen LogP contribution in [-0.4, -0.2) is 4.98 Å². The van der Waals surface area contributed by atoms with Crippen molar-refractivity contribution in [2.45, 2.75) is 6.54 Å². The molecule has 0 saturated heterocycles. The zero-order valence-corrected chi connectivity index (χ0v) is 11.8. The van der Waals surface area contributed by atoms with Crippen molar-refractivity contribution in [3.63, 3.8) is 0 Å². The molecule has 0 fully saturated rings. The molecule has 1 aromatic heterocycles. The molecular weight excluding hydrogens is 290 g/mol. The van der Waals surface area contributed by atoms with Crippen LogP contribution in [0.3, 0.4) is 0 Å². The minimum absolute atomic E-state index is 0.174. The minimum Gasteiger partial charge on any atom is -0.326 e. The Morgan fingerprint density at radius 2 is 1.95 bits per heavy atom. The van der Waals surface area contributed by atoms with E-state index in [4.69, 9.17) is 5.73 Å². The molecule has 2 N–H and O–H groups in total. The van der Waals surface area contributed by atoms with Gasteiger partial charge < -0.3 is 5.73 Å². The summed E-state index contributed by atoms with van der Waals surface area (Å²) in [6.45, 7) is 0.449. The summed E-state index contributed by atoms with van der Waals surface area (Å²) in [7, 11) is 0. The third kappa shape index (κ3) is 2.84. The van der Waals surface area contributed by atoms with E-state index in [1.54, 1.807) is 5.38 Å². The van der Waals surface area contributed by atoms with Crippen molar-refractivity contribution in [3.8, 4) is 21.8 Å². The van der Waals surface area contributed by atoms with Gasteiger partial charge in [0.15, 0.2) is 0 Å². The van der Waals surface area contributed by atoms with Gasteiger partial charge in [-0.1, -0.05) is 18.2 Å². The molecule has 21 heavy (non-hydrogen) atoms. The Labute approximate surface area is 124 Å². The van der Waals surface area contributed by atoms with E-state index in [0.717, 1.165) is 34.3 Å². The van der Waals surface area contributed by atoms with Crippen LogP contribution in [0.1, 0.15) is 5.56 Å². The van der Waals surface area contributed by atoms with Crippen LogP contribution in [-0.2, 0) is 6.54 Å². The first-order chi connectivity index (χ1) is 10.2. The molecule has 5 heteroatoms. The summed E-state index contributed by atoms with van der Waals surface area (Å²) in [5.74, 6) is -0.963. The molecule has 2 aromatic carbocycles. The number of rotatable bonds is 3. The third-order valence-electron chi connectivity index (χ3n) is 3.12. The van der Waals surface area contributed by atoms with Crippen LogP contribution in [0.15, 0.2) is 47.8 Å². The lowest BCUT2D eigenvalue weighted by Crippen LogP contribution is -1.95. The smallest absolute Gasteiger partial charge is 0.132 e. The highest BCUT2D eigenvalue weighted by Crippen LogP contribution is 2.30. The van der Waals surface area contributed by atoms with Crippen molar-refractivity contribution in [1.29, 1.82) is 0 Å². The number of hydrogen-bond acceptors (Lipinski definition) is 3. The van der Waals surface area contributed by atoms with E-state index in [1.165, 1.54) is 11.3 Å². The molecule has 0 aliphatic rings. The van der Waals surface area contributed by atoms with Gasteiger partial charge in [-0.15, -0.1) is 11.3 Å². The van der Waals surface area contributed by atoms with Crippen LogP contribution >= 0.6 is 11.3 Å². The number of hydrogen-bond donors (Lipinski definition) is 1. The van der Waals surface area contributed by atoms with Gasteiger partial charge in [-0.25, -0.2) is 13.8 Å². The topological polar surface area (TPSA) is 38.9 Å². The molecule has 3 rings (SSSR count). The van der Waals surface area contributed by atoms with Crippen LogP contribution in [0.5, 0.6) is 0 Å². The Morgan fingerprint density at radius 1 is 1.10 bits per heavy atom. The Balaban J connectivity index is 2.01. The fourth-order valence-electron chi connectivity index (χ4n) is 2.06. The van der Waals surface area contributed by atoms with Gasteiger partial charge in [0.05, 0.1) is 5.69 Å². The highest BCUT2D eigenvalue weighted by Gasteiger charge is 2.11. The molecule has 1 heterocycles. The molecule has 0 aliphatic carbocycles. The quantitative estimate of drug-likeness (QED) is 0.787. The average molecular weight is 302 g/mol. The van der Waals surface area contributed by atoms with Crippen molar-refractivity contribution in [3.05, 3.63) is 65.0 Å². The molecule has 0 spiro atoms. The Hall–Kier alpha value is -2.11. The third-order valence-corrected chi connectivity index (χ3v) is 4.01. The van der Waals surface area contributed by atoms with Crippen molar-refractivity contribution in [2.24, 2.45) is 5.73 Å². The molecular formula is C16H12F2N2S. The van der Waals surface area contributed by atoms with E-state index in [2.05, 4.69) is 4.98 Å². The summed E-state index contributed by atoms with van der Waals surface area (Å²) in [6.07, 6.45) is 0. The first-order valence-electron chi connectivity index (χ1n) is 6.37. The summed E-state index contributed by atoms with van der Waals surface area (Å²) in [5.41, 5.74) is 8.15. The van der Waals surface area contributed by atoms with E-state index in [0.29, 0.717) is 12.2 Å². The first kappa shape index (κ1) is 13.9. The normalized spacial score (nSPS) is 10.8. The fourth-order valence-corrected chi connectivity index (χ4v) is 2.87. The Morgan fingerprint density at radius 3 is 2.76 bits per heavy atom. The van der Waals surface area contributed by atoms with Crippen LogP contribution in [0.25, 0.3) is 21.8 Å². The fraction of sp³-hybridized carbons (Fsp3) is 0.0625. The number of aromatic nitrogens is 1. The number of benzene rings is 2. The second-order valence-corrected chi connectivity index (χ2v) is 5.42. The van der Waals surface area contributed by atoms with Gasteiger partial charge in [-0.05, 0) is 29.8 Å². The molecule has 0 unspecified atom stereocenters. The maximum absolute atomic E-state index is 13.8. The molecule has 0 radical (unpaired) electrons. The predicted octanol–water partition coefficient (Wildman–Crippen LogP) is 4.21. The summed E-state index contributed by atoms with van der Waals surface area (Å²) < 4.78 is 27.0. The van der Waals surface area contributed by atoms with Gasteiger partial charge in [-0.3, -0.25) is 0 Å². The van der Waals surface area contributed by atoms with Gasteiger partial charge in [0.25, 0.3) is 0 Å². The summed E-state index contributed by atoms with van der Waals surface area (Å²) in [6, 6.07) is 11.1. The summed E-state index contributed by atoms with van der Waals surface area (Å²) in [5, 5.41) is 2.48. The Bertz CT molecular complexity index is 783. The van der Waals surface area contributed by atoms with Gasteiger partial charge in [0.1, 0.15) is 16.6 Å². The molecule has 3 aromatic rings. The average Bonchev–Trinajstić information content (AvgIpc) is 2.99. The van der Waals surface area contributed by atoms with E-state index in [9.17, 15) is 8.78 Å². The van der Waals surface area contributed by atoms with E-state index >= 15 is 0 Å². The minimum atomic E-state index is -0.482. The second kappa shape index (κ2) is 5.71. The highest BCUT2D eigenvalue weighted by molar-refractivity contribution is 7.13. The summed E-state index contributed by atoms with van der Waals surface area (Å²) in [4.78, 5) is 4.40. The van der Waals surface area contributed by atoms with Gasteiger partial charge in [0.2, 0.25) is 0 Å². The van der Waals surface area contributed by atoms with Crippen LogP contribution in [0, 0.1) is 11.6 Å². The lowest BCUT2D eigenvalue weighted by Gasteiger charge is -2.01. The van der Waals surface area contributed by atoms with Crippen molar-refractivity contribution >= 4 is 11.3 Å². The number of halogens is 2. The second-order valence-electron chi connectivity index (χ2n) is 4.57. The van der Waals surface area contributed by atoms with Crippen LogP contribution < -0.4 is 5.73 Å². The van der Waals surface area contributed by atoms with Crippen molar-refractivity contribution in [2.75, 3.05) is 0 Å². The highest BCUT2D eigenvalue weighted by atomic mass is 32.1. The van der Waals surface area contributed by atoms with E-state index in [1.807, 2.05) is 24.3 Å².